The number of carbonyl (C=O) groups excluding carboxylic acids is 3. The van der Waals surface area contributed by atoms with E-state index in [-0.39, 0.29) is 12.3 Å². The number of rotatable bonds is 5. The largest absolute Gasteiger partial charge is 0.368 e. The Hall–Kier alpha value is -1.37. The molecule has 7 heteroatoms. The van der Waals surface area contributed by atoms with Crippen molar-refractivity contribution in [1.82, 2.24) is 10.6 Å². The van der Waals surface area contributed by atoms with Crippen molar-refractivity contribution in [3.05, 3.63) is 11.1 Å². The molecule has 0 bridgehead atoms. The lowest BCUT2D eigenvalue weighted by molar-refractivity contribution is -0.129. The van der Waals surface area contributed by atoms with Crippen molar-refractivity contribution < 1.29 is 14.4 Å². The summed E-state index contributed by atoms with van der Waals surface area (Å²) in [6, 6.07) is -1.39. The van der Waals surface area contributed by atoms with Crippen LogP contribution in [0.1, 0.15) is 19.3 Å². The van der Waals surface area contributed by atoms with Crippen LogP contribution < -0.4 is 16.4 Å². The normalized spacial score (nSPS) is 20.5. The van der Waals surface area contributed by atoms with E-state index in [0.29, 0.717) is 17.3 Å². The van der Waals surface area contributed by atoms with Gasteiger partial charge in [0.25, 0.3) is 0 Å². The summed E-state index contributed by atoms with van der Waals surface area (Å²) >= 11 is 3.10. The van der Waals surface area contributed by atoms with Crippen LogP contribution in [-0.4, -0.2) is 29.8 Å². The Bertz CT molecular complexity index is 370. The van der Waals surface area contributed by atoms with E-state index in [9.17, 15) is 14.4 Å². The smallest absolute Gasteiger partial charge is 0.243 e. The second-order valence-electron chi connectivity index (χ2n) is 3.84. The Labute approximate surface area is 107 Å². The van der Waals surface area contributed by atoms with Gasteiger partial charge in [-0.2, -0.15) is 0 Å². The van der Waals surface area contributed by atoms with Crippen molar-refractivity contribution in [2.45, 2.75) is 31.3 Å². The van der Waals surface area contributed by atoms with Gasteiger partial charge in [0.1, 0.15) is 12.1 Å². The molecule has 0 saturated carbocycles. The molecule has 0 aromatic carbocycles. The molecule has 0 aromatic heterocycles. The maximum atomic E-state index is 11.7. The van der Waals surface area contributed by atoms with E-state index in [4.69, 9.17) is 5.73 Å². The van der Waals surface area contributed by atoms with Crippen molar-refractivity contribution in [2.75, 3.05) is 0 Å². The number of halogens is 1. The Morgan fingerprint density at radius 1 is 1.65 bits per heavy atom. The summed E-state index contributed by atoms with van der Waals surface area (Å²) in [4.78, 5) is 33.8. The van der Waals surface area contributed by atoms with Gasteiger partial charge in [0.15, 0.2) is 0 Å². The van der Waals surface area contributed by atoms with Gasteiger partial charge < -0.3 is 16.4 Å². The number of hydrogen-bond donors (Lipinski definition) is 3. The van der Waals surface area contributed by atoms with Crippen LogP contribution in [0.4, 0.5) is 0 Å². The fraction of sp³-hybridized carbons (Fsp3) is 0.500. The molecule has 4 N–H and O–H groups in total. The lowest BCUT2D eigenvalue weighted by atomic mass is 10.1. The highest BCUT2D eigenvalue weighted by Crippen LogP contribution is 2.11. The van der Waals surface area contributed by atoms with Crippen LogP contribution in [0.2, 0.25) is 0 Å². The molecule has 1 heterocycles. The summed E-state index contributed by atoms with van der Waals surface area (Å²) in [5.74, 6) is -1.19. The average molecular weight is 304 g/mol. The molecular weight excluding hydrogens is 290 g/mol. The van der Waals surface area contributed by atoms with Crippen molar-refractivity contribution in [3.63, 3.8) is 0 Å². The van der Waals surface area contributed by atoms with E-state index >= 15 is 0 Å². The Morgan fingerprint density at radius 2 is 2.29 bits per heavy atom. The van der Waals surface area contributed by atoms with Gasteiger partial charge >= 0.3 is 0 Å². The summed E-state index contributed by atoms with van der Waals surface area (Å²) in [6.07, 6.45) is 0.984. The maximum absolute atomic E-state index is 11.7. The fourth-order valence-corrected chi connectivity index (χ4v) is 1.85. The van der Waals surface area contributed by atoms with E-state index < -0.39 is 23.9 Å². The van der Waals surface area contributed by atoms with Crippen molar-refractivity contribution in [3.8, 4) is 0 Å². The minimum absolute atomic E-state index is 0.161. The van der Waals surface area contributed by atoms with E-state index in [1.54, 1.807) is 0 Å². The molecule has 2 atom stereocenters. The van der Waals surface area contributed by atoms with E-state index in [0.717, 1.165) is 0 Å². The zero-order valence-corrected chi connectivity index (χ0v) is 10.7. The van der Waals surface area contributed by atoms with Gasteiger partial charge in [-0.15, -0.1) is 0 Å². The molecule has 0 aromatic rings. The maximum Gasteiger partial charge on any atom is 0.243 e. The molecule has 1 aliphatic rings. The van der Waals surface area contributed by atoms with Crippen LogP contribution in [0.5, 0.6) is 0 Å². The van der Waals surface area contributed by atoms with Crippen LogP contribution in [0.3, 0.4) is 0 Å². The van der Waals surface area contributed by atoms with Gasteiger partial charge in [0.2, 0.25) is 17.7 Å². The first-order chi connectivity index (χ1) is 7.90. The predicted molar refractivity (Wildman–Crippen MR) is 65.0 cm³/mol. The summed E-state index contributed by atoms with van der Waals surface area (Å²) in [5, 5.41) is 5.01. The third kappa shape index (κ3) is 4.18. The Morgan fingerprint density at radius 3 is 2.71 bits per heavy atom. The second kappa shape index (κ2) is 5.81. The summed E-state index contributed by atoms with van der Waals surface area (Å²) < 4.78 is 0.567. The van der Waals surface area contributed by atoms with E-state index in [1.807, 2.05) is 0 Å². The number of nitrogens with two attached hydrogens (primary N) is 1. The lowest BCUT2D eigenvalue weighted by Gasteiger charge is -2.17. The quantitative estimate of drug-likeness (QED) is 0.640. The van der Waals surface area contributed by atoms with Gasteiger partial charge in [-0.3, -0.25) is 14.4 Å². The first kappa shape index (κ1) is 13.7. The Kier molecular flexibility index (Phi) is 4.68. The molecule has 0 aliphatic carbocycles. The minimum atomic E-state index is -0.813. The molecule has 0 unspecified atom stereocenters. The molecule has 94 valence electrons. The SMILES string of the molecule is C=C(Br)C[C@@H](NC(=O)[C@H]1CCC(=O)N1)C(N)=O. The topological polar surface area (TPSA) is 101 Å². The second-order valence-corrected chi connectivity index (χ2v) is 4.97. The first-order valence-corrected chi connectivity index (χ1v) is 5.91. The third-order valence-corrected chi connectivity index (χ3v) is 2.72. The first-order valence-electron chi connectivity index (χ1n) is 5.12. The lowest BCUT2D eigenvalue weighted by Crippen LogP contribution is -2.50. The molecule has 0 spiro atoms. The fourth-order valence-electron chi connectivity index (χ4n) is 1.53. The zero-order valence-electron chi connectivity index (χ0n) is 9.16. The Balaban J connectivity index is 2.55. The number of amides is 3. The van der Waals surface area contributed by atoms with Crippen molar-refractivity contribution >= 4 is 33.7 Å². The van der Waals surface area contributed by atoms with Gasteiger partial charge in [0, 0.05) is 12.8 Å². The standard InChI is InChI=1S/C10H14BrN3O3/c1-5(11)4-7(9(12)16)14-10(17)6-2-3-8(15)13-6/h6-7H,1-4H2,(H2,12,16)(H,13,15)(H,14,17)/t6-,7-/m1/s1. The van der Waals surface area contributed by atoms with Crippen LogP contribution in [0.15, 0.2) is 11.1 Å². The summed E-state index contributed by atoms with van der Waals surface area (Å²) in [5.41, 5.74) is 5.16. The van der Waals surface area contributed by atoms with Crippen molar-refractivity contribution in [1.29, 1.82) is 0 Å². The summed E-state index contributed by atoms with van der Waals surface area (Å²) in [7, 11) is 0. The number of nitrogens with one attached hydrogen (secondary N) is 2. The predicted octanol–water partition coefficient (Wildman–Crippen LogP) is -0.466. The zero-order chi connectivity index (χ0) is 13.0. The van der Waals surface area contributed by atoms with Gasteiger partial charge in [-0.25, -0.2) is 0 Å². The van der Waals surface area contributed by atoms with Crippen molar-refractivity contribution in [2.24, 2.45) is 5.73 Å². The minimum Gasteiger partial charge on any atom is -0.368 e. The molecule has 0 radical (unpaired) electrons. The highest BCUT2D eigenvalue weighted by Gasteiger charge is 2.29. The molecule has 1 aliphatic heterocycles. The monoisotopic (exact) mass is 303 g/mol. The third-order valence-electron chi connectivity index (χ3n) is 2.40. The van der Waals surface area contributed by atoms with Crippen LogP contribution >= 0.6 is 15.9 Å². The molecular formula is C10H14BrN3O3. The highest BCUT2D eigenvalue weighted by molar-refractivity contribution is 9.11. The van der Waals surface area contributed by atoms with E-state index in [1.165, 1.54) is 0 Å². The number of hydrogen-bond acceptors (Lipinski definition) is 3. The number of primary amides is 1. The van der Waals surface area contributed by atoms with Gasteiger partial charge in [0.05, 0.1) is 0 Å². The summed E-state index contributed by atoms with van der Waals surface area (Å²) in [6.45, 7) is 3.58. The molecule has 1 rings (SSSR count). The molecule has 1 fully saturated rings. The molecule has 6 nitrogen and oxygen atoms in total. The molecule has 17 heavy (non-hydrogen) atoms. The molecule has 1 saturated heterocycles. The van der Waals surface area contributed by atoms with Gasteiger partial charge in [-0.1, -0.05) is 22.5 Å². The van der Waals surface area contributed by atoms with E-state index in [2.05, 4.69) is 33.1 Å². The average Bonchev–Trinajstić information content (AvgIpc) is 2.63. The van der Waals surface area contributed by atoms with Crippen LogP contribution in [0.25, 0.3) is 0 Å². The molecule has 3 amide bonds. The highest BCUT2D eigenvalue weighted by atomic mass is 79.9. The number of carbonyl (C=O) groups is 3. The van der Waals surface area contributed by atoms with Crippen LogP contribution in [0, 0.1) is 0 Å². The van der Waals surface area contributed by atoms with Crippen LogP contribution in [-0.2, 0) is 14.4 Å². The van der Waals surface area contributed by atoms with Gasteiger partial charge in [-0.05, 0) is 10.9 Å².